The van der Waals surface area contributed by atoms with E-state index in [9.17, 15) is 24.6 Å². The van der Waals surface area contributed by atoms with Gasteiger partial charge >= 0.3 is 17.9 Å². The summed E-state index contributed by atoms with van der Waals surface area (Å²) < 4.78 is 16.7. The lowest BCUT2D eigenvalue weighted by molar-refractivity contribution is -0.193. The van der Waals surface area contributed by atoms with Crippen LogP contribution in [0.5, 0.6) is 0 Å². The van der Waals surface area contributed by atoms with Crippen molar-refractivity contribution in [1.82, 2.24) is 0 Å². The molecular formula is C24H34O8. The van der Waals surface area contributed by atoms with E-state index < -0.39 is 71.1 Å². The fourth-order valence-electron chi connectivity index (χ4n) is 5.68. The fourth-order valence-corrected chi connectivity index (χ4v) is 5.68. The lowest BCUT2D eigenvalue weighted by Gasteiger charge is -2.53. The summed E-state index contributed by atoms with van der Waals surface area (Å²) in [5, 5.41) is 23.5. The molecule has 0 bridgehead atoms. The number of allylic oxidation sites excluding steroid dienone is 1. The topological polar surface area (TPSA) is 119 Å². The summed E-state index contributed by atoms with van der Waals surface area (Å²) in [5.74, 6) is -3.64. The maximum Gasteiger partial charge on any atom is 0.312 e. The molecular weight excluding hydrogens is 416 g/mol. The van der Waals surface area contributed by atoms with Gasteiger partial charge in [0.2, 0.25) is 0 Å². The minimum absolute atomic E-state index is 0.445. The summed E-state index contributed by atoms with van der Waals surface area (Å²) in [6.45, 7) is 9.72. The van der Waals surface area contributed by atoms with E-state index >= 15 is 0 Å². The largest absolute Gasteiger partial charge is 0.462 e. The standard InChI is InChI=1S/C24H34O8/c1-12-7-8-18(31-16(5)26)23(6)10-9-17(30-15(4)25)13(2)20(23)21(27)24(29)14(3)22(28)32-19(24)11-12/h9-11,13-14,17-21,27,29H,7-8H2,1-6H3/b12-11-/t13-,14-,17+,18+,19-,20+,21+,23+,24-/m0/s1. The predicted molar refractivity (Wildman–Crippen MR) is 114 cm³/mol. The predicted octanol–water partition coefficient (Wildman–Crippen LogP) is 2.07. The number of carbonyl (C=O) groups is 3. The summed E-state index contributed by atoms with van der Waals surface area (Å²) in [6, 6.07) is 0. The molecule has 3 aliphatic rings. The van der Waals surface area contributed by atoms with Crippen molar-refractivity contribution >= 4 is 17.9 Å². The first-order valence-corrected chi connectivity index (χ1v) is 11.1. The number of carbonyl (C=O) groups excluding carboxylic acids is 3. The van der Waals surface area contributed by atoms with Crippen molar-refractivity contribution in [3.63, 3.8) is 0 Å². The van der Waals surface area contributed by atoms with E-state index in [1.54, 1.807) is 12.2 Å². The van der Waals surface area contributed by atoms with Gasteiger partial charge in [-0.3, -0.25) is 14.4 Å². The molecule has 8 nitrogen and oxygen atoms in total. The van der Waals surface area contributed by atoms with Gasteiger partial charge < -0.3 is 24.4 Å². The molecule has 1 heterocycles. The van der Waals surface area contributed by atoms with Crippen molar-refractivity contribution in [2.24, 2.45) is 23.2 Å². The van der Waals surface area contributed by atoms with E-state index in [4.69, 9.17) is 14.2 Å². The maximum absolute atomic E-state index is 12.5. The van der Waals surface area contributed by atoms with E-state index in [0.29, 0.717) is 12.8 Å². The van der Waals surface area contributed by atoms with E-state index in [0.717, 1.165) is 5.57 Å². The van der Waals surface area contributed by atoms with E-state index in [1.165, 1.54) is 20.8 Å². The van der Waals surface area contributed by atoms with Crippen molar-refractivity contribution < 1.29 is 38.8 Å². The zero-order valence-corrected chi connectivity index (χ0v) is 19.5. The molecule has 0 unspecified atom stereocenters. The summed E-state index contributed by atoms with van der Waals surface area (Å²) in [4.78, 5) is 36.1. The first-order chi connectivity index (χ1) is 14.8. The van der Waals surface area contributed by atoms with Gasteiger partial charge in [0, 0.05) is 31.1 Å². The highest BCUT2D eigenvalue weighted by Crippen LogP contribution is 2.53. The molecule has 0 aromatic carbocycles. The molecule has 1 saturated heterocycles. The molecule has 1 aliphatic heterocycles. The van der Waals surface area contributed by atoms with Crippen LogP contribution in [0.1, 0.15) is 54.4 Å². The number of fused-ring (bicyclic) bond motifs is 2. The summed E-state index contributed by atoms with van der Waals surface area (Å²) in [7, 11) is 0. The number of rotatable bonds is 2. The van der Waals surface area contributed by atoms with Crippen LogP contribution in [0.4, 0.5) is 0 Å². The van der Waals surface area contributed by atoms with Crippen molar-refractivity contribution in [3.8, 4) is 0 Å². The van der Waals surface area contributed by atoms with Gasteiger partial charge in [-0.15, -0.1) is 0 Å². The average molecular weight is 451 g/mol. The lowest BCUT2D eigenvalue weighted by Crippen LogP contribution is -2.63. The first kappa shape index (κ1) is 24.5. The molecule has 3 rings (SSSR count). The third-order valence-corrected chi connectivity index (χ3v) is 7.55. The Bertz CT molecular complexity index is 847. The van der Waals surface area contributed by atoms with Crippen LogP contribution in [0.15, 0.2) is 23.8 Å². The van der Waals surface area contributed by atoms with E-state index in [-0.39, 0.29) is 0 Å². The molecule has 0 aromatic rings. The van der Waals surface area contributed by atoms with E-state index in [2.05, 4.69) is 0 Å². The summed E-state index contributed by atoms with van der Waals surface area (Å²) in [5.41, 5.74) is -1.94. The van der Waals surface area contributed by atoms with E-state index in [1.807, 2.05) is 26.8 Å². The second-order valence-electron chi connectivity index (χ2n) is 9.75. The second kappa shape index (κ2) is 8.63. The Morgan fingerprint density at radius 2 is 1.81 bits per heavy atom. The Labute approximate surface area is 188 Å². The molecule has 1 fully saturated rings. The number of hydrogen-bond acceptors (Lipinski definition) is 8. The van der Waals surface area contributed by atoms with Crippen LogP contribution in [0.2, 0.25) is 0 Å². The van der Waals surface area contributed by atoms with Crippen LogP contribution in [0.3, 0.4) is 0 Å². The van der Waals surface area contributed by atoms with Crippen LogP contribution in [-0.2, 0) is 28.6 Å². The molecule has 0 radical (unpaired) electrons. The minimum Gasteiger partial charge on any atom is -0.462 e. The number of aliphatic hydroxyl groups excluding tert-OH is 1. The van der Waals surface area contributed by atoms with Crippen LogP contribution >= 0.6 is 0 Å². The second-order valence-corrected chi connectivity index (χ2v) is 9.75. The smallest absolute Gasteiger partial charge is 0.312 e. The van der Waals surface area contributed by atoms with Crippen molar-refractivity contribution in [3.05, 3.63) is 23.8 Å². The number of ether oxygens (including phenoxy) is 3. The molecule has 9 atom stereocenters. The van der Waals surface area contributed by atoms with Gasteiger partial charge in [-0.05, 0) is 38.8 Å². The number of aliphatic hydroxyl groups is 2. The Morgan fingerprint density at radius 3 is 2.41 bits per heavy atom. The van der Waals surface area contributed by atoms with Crippen molar-refractivity contribution in [2.75, 3.05) is 0 Å². The summed E-state index contributed by atoms with van der Waals surface area (Å²) >= 11 is 0. The Morgan fingerprint density at radius 1 is 1.19 bits per heavy atom. The number of hydrogen-bond donors (Lipinski definition) is 2. The van der Waals surface area contributed by atoms with Gasteiger partial charge in [0.25, 0.3) is 0 Å². The zero-order valence-electron chi connectivity index (χ0n) is 19.5. The Kier molecular flexibility index (Phi) is 6.60. The molecule has 2 aliphatic carbocycles. The Hall–Kier alpha value is -2.19. The van der Waals surface area contributed by atoms with Gasteiger partial charge in [0.15, 0.2) is 6.10 Å². The van der Waals surface area contributed by atoms with Crippen LogP contribution in [-0.4, -0.2) is 58.1 Å². The van der Waals surface area contributed by atoms with Crippen LogP contribution < -0.4 is 0 Å². The molecule has 0 spiro atoms. The summed E-state index contributed by atoms with van der Waals surface area (Å²) in [6.07, 6.45) is 2.56. The normalized spacial score (nSPS) is 45.6. The quantitative estimate of drug-likeness (QED) is 0.373. The molecule has 0 aromatic heterocycles. The molecule has 8 heteroatoms. The first-order valence-electron chi connectivity index (χ1n) is 11.1. The molecule has 32 heavy (non-hydrogen) atoms. The molecule has 2 N–H and O–H groups in total. The van der Waals surface area contributed by atoms with Crippen molar-refractivity contribution in [1.29, 1.82) is 0 Å². The highest BCUT2D eigenvalue weighted by Gasteiger charge is 2.64. The lowest BCUT2D eigenvalue weighted by atomic mass is 9.56. The van der Waals surface area contributed by atoms with Crippen LogP contribution in [0.25, 0.3) is 0 Å². The fraction of sp³-hybridized carbons (Fsp3) is 0.708. The zero-order chi connectivity index (χ0) is 24.0. The molecule has 178 valence electrons. The van der Waals surface area contributed by atoms with Gasteiger partial charge in [0.1, 0.15) is 17.8 Å². The molecule has 0 saturated carbocycles. The highest BCUT2D eigenvalue weighted by molar-refractivity contribution is 5.77. The average Bonchev–Trinajstić information content (AvgIpc) is 2.90. The minimum atomic E-state index is -1.90. The highest BCUT2D eigenvalue weighted by atomic mass is 16.6. The van der Waals surface area contributed by atoms with Crippen molar-refractivity contribution in [2.45, 2.75) is 84.4 Å². The van der Waals surface area contributed by atoms with Crippen LogP contribution in [0, 0.1) is 23.2 Å². The van der Waals surface area contributed by atoms with Gasteiger partial charge in [-0.25, -0.2) is 0 Å². The number of esters is 3. The maximum atomic E-state index is 12.5. The van der Waals surface area contributed by atoms with Gasteiger partial charge in [-0.2, -0.15) is 0 Å². The monoisotopic (exact) mass is 450 g/mol. The third kappa shape index (κ3) is 3.99. The SMILES string of the molecule is CC(=O)O[C@@H]1C=C[C@@]2(C)[C@H]([C@H]1C)[C@@H](O)[C@@]1(O)[C@H](/C=C(/C)CC[C@H]2OC(C)=O)OC(=O)[C@@H]1C. The third-order valence-electron chi connectivity index (χ3n) is 7.55. The Balaban J connectivity index is 2.19. The van der Waals surface area contributed by atoms with Gasteiger partial charge in [-0.1, -0.05) is 25.5 Å². The molecule has 0 amide bonds. The van der Waals surface area contributed by atoms with Gasteiger partial charge in [0.05, 0.1) is 12.0 Å².